The number of amides is 1. The Morgan fingerprint density at radius 1 is 1.12 bits per heavy atom. The fourth-order valence-electron chi connectivity index (χ4n) is 2.88. The first kappa shape index (κ1) is 16.2. The van der Waals surface area contributed by atoms with Crippen molar-refractivity contribution in [3.63, 3.8) is 0 Å². The van der Waals surface area contributed by atoms with Gasteiger partial charge in [0.1, 0.15) is 5.82 Å². The van der Waals surface area contributed by atoms with Crippen LogP contribution in [0.5, 0.6) is 0 Å². The number of fused-ring (bicyclic) bond motifs is 1. The largest absolute Gasteiger partial charge is 0.455 e. The van der Waals surface area contributed by atoms with Crippen molar-refractivity contribution in [3.8, 4) is 0 Å². The number of esters is 1. The van der Waals surface area contributed by atoms with Crippen molar-refractivity contribution in [1.82, 2.24) is 0 Å². The van der Waals surface area contributed by atoms with Gasteiger partial charge in [0.2, 0.25) is 0 Å². The number of ether oxygens (including phenoxy) is 1. The summed E-state index contributed by atoms with van der Waals surface area (Å²) in [5, 5.41) is 0. The molecule has 2 aromatic rings. The smallest absolute Gasteiger partial charge is 0.310 e. The molecule has 0 bridgehead atoms. The van der Waals surface area contributed by atoms with E-state index in [1.807, 2.05) is 24.3 Å². The summed E-state index contributed by atoms with van der Waals surface area (Å²) in [5.74, 6) is -1.18. The quantitative estimate of drug-likeness (QED) is 0.811. The van der Waals surface area contributed by atoms with E-state index in [1.165, 1.54) is 18.2 Å². The molecule has 5 heteroatoms. The molecule has 124 valence electrons. The Bertz CT molecular complexity index is 760. The van der Waals surface area contributed by atoms with Gasteiger partial charge in [-0.25, -0.2) is 4.39 Å². The highest BCUT2D eigenvalue weighted by molar-refractivity contribution is 5.96. The maximum absolute atomic E-state index is 13.1. The van der Waals surface area contributed by atoms with E-state index in [-0.39, 0.29) is 18.9 Å². The number of carbonyl (C=O) groups excluding carboxylic acids is 2. The van der Waals surface area contributed by atoms with Gasteiger partial charge in [-0.15, -0.1) is 0 Å². The van der Waals surface area contributed by atoms with Crippen LogP contribution in [0.2, 0.25) is 0 Å². The number of aryl methyl sites for hydroxylation is 1. The monoisotopic (exact) mass is 327 g/mol. The average Bonchev–Trinajstić information content (AvgIpc) is 2.59. The number of anilines is 1. The second kappa shape index (κ2) is 7.25. The van der Waals surface area contributed by atoms with E-state index >= 15 is 0 Å². The van der Waals surface area contributed by atoms with E-state index in [0.717, 1.165) is 24.1 Å². The van der Waals surface area contributed by atoms with Crippen molar-refractivity contribution < 1.29 is 18.7 Å². The second-order valence-electron chi connectivity index (χ2n) is 5.75. The summed E-state index contributed by atoms with van der Waals surface area (Å²) in [6, 6.07) is 13.5. The molecule has 1 amide bonds. The number of hydrogen-bond donors (Lipinski definition) is 0. The van der Waals surface area contributed by atoms with Gasteiger partial charge in [0.05, 0.1) is 6.42 Å². The standard InChI is InChI=1S/C19H18FNO3/c20-16-8-3-5-14(11-16)12-19(23)24-13-18(22)21-10-4-7-15-6-1-2-9-17(15)21/h1-3,5-6,8-9,11H,4,7,10,12-13H2. The lowest BCUT2D eigenvalue weighted by Crippen LogP contribution is -2.38. The Balaban J connectivity index is 1.57. The molecule has 0 radical (unpaired) electrons. The third kappa shape index (κ3) is 3.79. The number of hydrogen-bond acceptors (Lipinski definition) is 3. The maximum Gasteiger partial charge on any atom is 0.310 e. The number of halogens is 1. The normalized spacial score (nSPS) is 13.3. The lowest BCUT2D eigenvalue weighted by Gasteiger charge is -2.29. The summed E-state index contributed by atoms with van der Waals surface area (Å²) < 4.78 is 18.2. The lowest BCUT2D eigenvalue weighted by atomic mass is 10.0. The van der Waals surface area contributed by atoms with Crippen molar-refractivity contribution in [1.29, 1.82) is 0 Å². The molecular formula is C19H18FNO3. The molecule has 0 unspecified atom stereocenters. The number of para-hydroxylation sites is 1. The van der Waals surface area contributed by atoms with E-state index in [0.29, 0.717) is 12.1 Å². The van der Waals surface area contributed by atoms with Crippen LogP contribution in [0.1, 0.15) is 17.5 Å². The molecule has 0 fully saturated rings. The molecule has 0 aliphatic carbocycles. The Morgan fingerprint density at radius 3 is 2.79 bits per heavy atom. The zero-order valence-corrected chi connectivity index (χ0v) is 13.2. The summed E-state index contributed by atoms with van der Waals surface area (Å²) in [6.45, 7) is 0.319. The third-order valence-electron chi connectivity index (χ3n) is 4.01. The first-order valence-electron chi connectivity index (χ1n) is 7.92. The fraction of sp³-hybridized carbons (Fsp3) is 0.263. The minimum atomic E-state index is -0.542. The summed E-state index contributed by atoms with van der Waals surface area (Å²) in [5.41, 5.74) is 2.54. The van der Waals surface area contributed by atoms with Gasteiger partial charge in [-0.1, -0.05) is 30.3 Å². The van der Waals surface area contributed by atoms with Crippen LogP contribution in [0.15, 0.2) is 48.5 Å². The molecule has 2 aromatic carbocycles. The highest BCUT2D eigenvalue weighted by Crippen LogP contribution is 2.26. The molecule has 0 N–H and O–H groups in total. The number of nitrogens with zero attached hydrogens (tertiary/aromatic N) is 1. The van der Waals surface area contributed by atoms with Crippen LogP contribution in [-0.2, 0) is 27.2 Å². The van der Waals surface area contributed by atoms with Gasteiger partial charge in [-0.05, 0) is 42.2 Å². The molecule has 4 nitrogen and oxygen atoms in total. The van der Waals surface area contributed by atoms with Crippen molar-refractivity contribution in [2.45, 2.75) is 19.3 Å². The topological polar surface area (TPSA) is 46.6 Å². The fourth-order valence-corrected chi connectivity index (χ4v) is 2.88. The zero-order chi connectivity index (χ0) is 16.9. The second-order valence-corrected chi connectivity index (χ2v) is 5.75. The first-order valence-corrected chi connectivity index (χ1v) is 7.92. The van der Waals surface area contributed by atoms with Gasteiger partial charge in [-0.3, -0.25) is 9.59 Å². The van der Waals surface area contributed by atoms with E-state index < -0.39 is 11.8 Å². The highest BCUT2D eigenvalue weighted by atomic mass is 19.1. The number of rotatable bonds is 4. The molecule has 0 saturated heterocycles. The summed E-state index contributed by atoms with van der Waals surface area (Å²) in [6.07, 6.45) is 1.78. The van der Waals surface area contributed by atoms with E-state index in [2.05, 4.69) is 0 Å². The molecular weight excluding hydrogens is 309 g/mol. The van der Waals surface area contributed by atoms with Gasteiger partial charge in [0, 0.05) is 12.2 Å². The van der Waals surface area contributed by atoms with Crippen LogP contribution in [0.25, 0.3) is 0 Å². The Labute approximate surface area is 139 Å². The van der Waals surface area contributed by atoms with Crippen LogP contribution >= 0.6 is 0 Å². The van der Waals surface area contributed by atoms with E-state index in [4.69, 9.17) is 4.74 Å². The molecule has 1 heterocycles. The van der Waals surface area contributed by atoms with Crippen LogP contribution < -0.4 is 4.90 Å². The van der Waals surface area contributed by atoms with Crippen LogP contribution in [-0.4, -0.2) is 25.0 Å². The van der Waals surface area contributed by atoms with E-state index in [9.17, 15) is 14.0 Å². The average molecular weight is 327 g/mol. The van der Waals surface area contributed by atoms with Crippen molar-refractivity contribution in [2.75, 3.05) is 18.1 Å². The minimum absolute atomic E-state index is 0.0539. The molecule has 0 atom stereocenters. The maximum atomic E-state index is 13.1. The SMILES string of the molecule is O=C(Cc1cccc(F)c1)OCC(=O)N1CCCc2ccccc21. The summed E-state index contributed by atoms with van der Waals surface area (Å²) in [7, 11) is 0. The lowest BCUT2D eigenvalue weighted by molar-refractivity contribution is -0.147. The van der Waals surface area contributed by atoms with Gasteiger partial charge >= 0.3 is 5.97 Å². The molecule has 0 aromatic heterocycles. The van der Waals surface area contributed by atoms with Crippen LogP contribution in [0.4, 0.5) is 10.1 Å². The Hall–Kier alpha value is -2.69. The van der Waals surface area contributed by atoms with E-state index in [1.54, 1.807) is 11.0 Å². The minimum Gasteiger partial charge on any atom is -0.455 e. The van der Waals surface area contributed by atoms with Crippen molar-refractivity contribution in [3.05, 3.63) is 65.5 Å². The third-order valence-corrected chi connectivity index (χ3v) is 4.01. The van der Waals surface area contributed by atoms with Gasteiger partial charge < -0.3 is 9.64 Å². The van der Waals surface area contributed by atoms with Gasteiger partial charge in [0.25, 0.3) is 5.91 Å². The molecule has 0 saturated carbocycles. The number of benzene rings is 2. The van der Waals surface area contributed by atoms with Crippen LogP contribution in [0, 0.1) is 5.82 Å². The van der Waals surface area contributed by atoms with Crippen molar-refractivity contribution >= 4 is 17.6 Å². The van der Waals surface area contributed by atoms with Crippen LogP contribution in [0.3, 0.4) is 0 Å². The molecule has 3 rings (SSSR count). The van der Waals surface area contributed by atoms with Crippen molar-refractivity contribution in [2.24, 2.45) is 0 Å². The predicted octanol–water partition coefficient (Wildman–Crippen LogP) is 2.89. The Morgan fingerprint density at radius 2 is 1.96 bits per heavy atom. The molecule has 0 spiro atoms. The predicted molar refractivity (Wildman–Crippen MR) is 88.2 cm³/mol. The number of carbonyl (C=O) groups is 2. The van der Waals surface area contributed by atoms with Gasteiger partial charge in [-0.2, -0.15) is 0 Å². The Kier molecular flexibility index (Phi) is 4.89. The first-order chi connectivity index (χ1) is 11.6. The summed E-state index contributed by atoms with van der Waals surface area (Å²) in [4.78, 5) is 25.9. The molecule has 1 aliphatic rings. The molecule has 24 heavy (non-hydrogen) atoms. The molecule has 1 aliphatic heterocycles. The zero-order valence-electron chi connectivity index (χ0n) is 13.2. The van der Waals surface area contributed by atoms with Gasteiger partial charge in [0.15, 0.2) is 6.61 Å². The summed E-state index contributed by atoms with van der Waals surface area (Å²) >= 11 is 0. The highest BCUT2D eigenvalue weighted by Gasteiger charge is 2.23.